The van der Waals surface area contributed by atoms with E-state index in [0.29, 0.717) is 24.0 Å². The summed E-state index contributed by atoms with van der Waals surface area (Å²) >= 11 is 0. The summed E-state index contributed by atoms with van der Waals surface area (Å²) in [6.45, 7) is 4.39. The fourth-order valence-electron chi connectivity index (χ4n) is 2.91. The highest BCUT2D eigenvalue weighted by molar-refractivity contribution is 5.97. The van der Waals surface area contributed by atoms with E-state index in [1.54, 1.807) is 29.2 Å². The predicted molar refractivity (Wildman–Crippen MR) is 103 cm³/mol. The molecule has 0 aliphatic carbocycles. The number of rotatable bonds is 7. The molecular weight excluding hydrogens is 399 g/mol. The third kappa shape index (κ3) is 4.73. The minimum absolute atomic E-state index is 0.194. The number of alkyl halides is 3. The number of halogens is 3. The van der Waals surface area contributed by atoms with Gasteiger partial charge in [0.05, 0.1) is 36.0 Å². The van der Waals surface area contributed by atoms with E-state index in [9.17, 15) is 18.0 Å². The summed E-state index contributed by atoms with van der Waals surface area (Å²) in [6.07, 6.45) is 0.198. The van der Waals surface area contributed by atoms with Gasteiger partial charge in [0.2, 0.25) is 0 Å². The molecule has 158 valence electrons. The smallest absolute Gasteiger partial charge is 0.367 e. The highest BCUT2D eigenvalue weighted by Crippen LogP contribution is 2.26. The van der Waals surface area contributed by atoms with Gasteiger partial charge >= 0.3 is 6.18 Å². The van der Waals surface area contributed by atoms with Crippen LogP contribution in [-0.4, -0.2) is 54.9 Å². The van der Waals surface area contributed by atoms with Crippen molar-refractivity contribution in [2.45, 2.75) is 26.1 Å². The van der Waals surface area contributed by atoms with Crippen LogP contribution in [0.4, 0.5) is 19.0 Å². The lowest BCUT2D eigenvalue weighted by atomic mass is 10.1. The van der Waals surface area contributed by atoms with Gasteiger partial charge < -0.3 is 10.2 Å². The van der Waals surface area contributed by atoms with Gasteiger partial charge in [-0.05, 0) is 26.0 Å². The summed E-state index contributed by atoms with van der Waals surface area (Å²) in [6, 6.07) is 6.73. The first-order chi connectivity index (χ1) is 14.3. The molecule has 0 saturated heterocycles. The van der Waals surface area contributed by atoms with Crippen LogP contribution in [0.25, 0.3) is 5.69 Å². The molecule has 0 spiro atoms. The lowest BCUT2D eigenvalue weighted by molar-refractivity contribution is -0.141. The lowest BCUT2D eigenvalue weighted by Gasteiger charge is -2.29. The molecule has 0 radical (unpaired) electrons. The Bertz CT molecular complexity index is 975. The Kier molecular flexibility index (Phi) is 6.28. The van der Waals surface area contributed by atoms with Crippen molar-refractivity contribution in [3.05, 3.63) is 60.3 Å². The Morgan fingerprint density at radius 3 is 2.47 bits per heavy atom. The molecule has 1 atom stereocenters. The number of hydrogen-bond acceptors (Lipinski definition) is 6. The second-order valence-corrected chi connectivity index (χ2v) is 6.44. The molecule has 0 saturated carbocycles. The van der Waals surface area contributed by atoms with Gasteiger partial charge in [-0.2, -0.15) is 28.2 Å². The third-order valence-corrected chi connectivity index (χ3v) is 4.42. The fraction of sp³-hybridized carbons (Fsp3) is 0.316. The number of nitrogens with one attached hydrogen (secondary N) is 1. The van der Waals surface area contributed by atoms with Crippen LogP contribution >= 0.6 is 0 Å². The molecule has 3 rings (SSSR count). The second-order valence-electron chi connectivity index (χ2n) is 6.44. The van der Waals surface area contributed by atoms with E-state index in [1.807, 2.05) is 13.8 Å². The zero-order chi connectivity index (χ0) is 21.7. The van der Waals surface area contributed by atoms with Crippen molar-refractivity contribution < 1.29 is 18.0 Å². The third-order valence-electron chi connectivity index (χ3n) is 4.42. The van der Waals surface area contributed by atoms with Gasteiger partial charge in [-0.25, -0.2) is 9.97 Å². The fourth-order valence-corrected chi connectivity index (χ4v) is 2.91. The average molecular weight is 419 g/mol. The quantitative estimate of drug-likeness (QED) is 0.633. The average Bonchev–Trinajstić information content (AvgIpc) is 3.27. The highest BCUT2D eigenvalue weighted by atomic mass is 19.4. The van der Waals surface area contributed by atoms with Gasteiger partial charge in [-0.15, -0.1) is 0 Å². The molecule has 2 aromatic heterocycles. The summed E-state index contributed by atoms with van der Waals surface area (Å²) in [5.41, 5.74) is -0.0632. The molecule has 1 N–H and O–H groups in total. The number of anilines is 1. The summed E-state index contributed by atoms with van der Waals surface area (Å²) in [5, 5.41) is 11.1. The Hall–Kier alpha value is -3.50. The maximum absolute atomic E-state index is 13.2. The van der Waals surface area contributed by atoms with Crippen LogP contribution in [0, 0.1) is 0 Å². The van der Waals surface area contributed by atoms with Gasteiger partial charge in [-0.3, -0.25) is 4.79 Å². The first kappa shape index (κ1) is 21.2. The molecule has 0 aliphatic rings. The topological polar surface area (TPSA) is 88.8 Å². The van der Waals surface area contributed by atoms with E-state index < -0.39 is 11.9 Å². The van der Waals surface area contributed by atoms with Crippen molar-refractivity contribution >= 4 is 11.7 Å². The number of likely N-dealkylation sites (N-methyl/N-ethyl adjacent to an activating group) is 1. The van der Waals surface area contributed by atoms with Crippen molar-refractivity contribution in [1.29, 1.82) is 0 Å². The number of carbonyl (C=O) groups is 1. The zero-order valence-electron chi connectivity index (χ0n) is 16.3. The molecule has 1 unspecified atom stereocenters. The van der Waals surface area contributed by atoms with E-state index in [-0.39, 0.29) is 24.3 Å². The number of para-hydroxylation sites is 1. The predicted octanol–water partition coefficient (Wildman–Crippen LogP) is 3.04. The van der Waals surface area contributed by atoms with E-state index in [4.69, 9.17) is 0 Å². The van der Waals surface area contributed by atoms with Gasteiger partial charge in [0, 0.05) is 19.1 Å². The van der Waals surface area contributed by atoms with Crippen LogP contribution in [-0.2, 0) is 6.18 Å². The largest absolute Gasteiger partial charge is 0.434 e. The molecule has 1 amide bonds. The van der Waals surface area contributed by atoms with Crippen molar-refractivity contribution in [2.24, 2.45) is 0 Å². The summed E-state index contributed by atoms with van der Waals surface area (Å²) < 4.78 is 37.8. The molecule has 0 bridgehead atoms. The van der Waals surface area contributed by atoms with Gasteiger partial charge in [0.25, 0.3) is 5.91 Å². The number of aromatic nitrogens is 5. The molecule has 3 aromatic rings. The first-order valence-corrected chi connectivity index (χ1v) is 9.21. The number of benzene rings is 1. The van der Waals surface area contributed by atoms with Crippen LogP contribution < -0.4 is 5.32 Å². The number of hydrogen-bond donors (Lipinski definition) is 1. The SMILES string of the molecule is CCN(C(=O)c1ccccc1-n1nccn1)C(C)CNc1cnc(C(F)(F)F)cn1. The van der Waals surface area contributed by atoms with Crippen molar-refractivity contribution in [1.82, 2.24) is 29.9 Å². The summed E-state index contributed by atoms with van der Waals surface area (Å²) in [7, 11) is 0. The molecule has 0 fully saturated rings. The van der Waals surface area contributed by atoms with Gasteiger partial charge in [-0.1, -0.05) is 12.1 Å². The van der Waals surface area contributed by atoms with E-state index in [2.05, 4.69) is 25.5 Å². The zero-order valence-corrected chi connectivity index (χ0v) is 16.3. The standard InChI is InChI=1S/C19H20F3N7O/c1-3-28(13(2)10-24-17-12-23-16(11-25-17)19(20,21)22)18(30)14-6-4-5-7-15(14)29-26-8-9-27-29/h4-9,11-13H,3,10H2,1-2H3,(H,24,25). The Balaban J connectivity index is 1.71. The van der Waals surface area contributed by atoms with Crippen LogP contribution in [0.5, 0.6) is 0 Å². The second kappa shape index (κ2) is 8.89. The van der Waals surface area contributed by atoms with E-state index in [0.717, 1.165) is 6.20 Å². The minimum atomic E-state index is -4.54. The lowest BCUT2D eigenvalue weighted by Crippen LogP contribution is -2.42. The van der Waals surface area contributed by atoms with Crippen molar-refractivity contribution in [3.63, 3.8) is 0 Å². The van der Waals surface area contributed by atoms with Crippen LogP contribution in [0.3, 0.4) is 0 Å². The molecule has 11 heteroatoms. The highest BCUT2D eigenvalue weighted by Gasteiger charge is 2.32. The number of amides is 1. The monoisotopic (exact) mass is 419 g/mol. The minimum Gasteiger partial charge on any atom is -0.367 e. The number of nitrogens with zero attached hydrogens (tertiary/aromatic N) is 6. The van der Waals surface area contributed by atoms with Gasteiger partial charge in [0.1, 0.15) is 5.82 Å². The summed E-state index contributed by atoms with van der Waals surface area (Å²) in [4.78, 5) is 23.3. The summed E-state index contributed by atoms with van der Waals surface area (Å²) in [5.74, 6) is -0.0160. The van der Waals surface area contributed by atoms with Crippen molar-refractivity contribution in [2.75, 3.05) is 18.4 Å². The van der Waals surface area contributed by atoms with Gasteiger partial charge in [0.15, 0.2) is 5.69 Å². The molecule has 0 aliphatic heterocycles. The Morgan fingerprint density at radius 1 is 1.17 bits per heavy atom. The Morgan fingerprint density at radius 2 is 1.87 bits per heavy atom. The van der Waals surface area contributed by atoms with E-state index in [1.165, 1.54) is 17.2 Å². The maximum Gasteiger partial charge on any atom is 0.434 e. The molecule has 2 heterocycles. The molecule has 30 heavy (non-hydrogen) atoms. The van der Waals surface area contributed by atoms with E-state index >= 15 is 0 Å². The molecule has 1 aromatic carbocycles. The van der Waals surface area contributed by atoms with Crippen LogP contribution in [0.2, 0.25) is 0 Å². The van der Waals surface area contributed by atoms with Crippen LogP contribution in [0.15, 0.2) is 49.1 Å². The molecular formula is C19H20F3N7O. The normalized spacial score (nSPS) is 12.4. The first-order valence-electron chi connectivity index (χ1n) is 9.21. The van der Waals surface area contributed by atoms with Crippen LogP contribution in [0.1, 0.15) is 29.9 Å². The number of carbonyl (C=O) groups excluding carboxylic acids is 1. The van der Waals surface area contributed by atoms with Crippen molar-refractivity contribution in [3.8, 4) is 5.69 Å². The maximum atomic E-state index is 13.2. The molecule has 8 nitrogen and oxygen atoms in total. The Labute approximate surface area is 170 Å².